The molecule has 5 heteroatoms. The molecule has 1 aromatic rings. The molecule has 1 aliphatic carbocycles. The highest BCUT2D eigenvalue weighted by Gasteiger charge is 2.42. The monoisotopic (exact) mass is 301 g/mol. The van der Waals surface area contributed by atoms with Gasteiger partial charge in [-0.3, -0.25) is 0 Å². The number of aromatic hydroxyl groups is 1. The van der Waals surface area contributed by atoms with Crippen molar-refractivity contribution in [3.8, 4) is 5.75 Å². The van der Waals surface area contributed by atoms with Crippen molar-refractivity contribution < 1.29 is 18.3 Å². The SMILES string of the molecule is CC(Cc1ccc(O)cc1)NC1CCCC(C(F)(F)F)C1. The second kappa shape index (κ2) is 6.69. The van der Waals surface area contributed by atoms with Crippen LogP contribution >= 0.6 is 0 Å². The van der Waals surface area contributed by atoms with Crippen LogP contribution in [-0.2, 0) is 6.42 Å². The van der Waals surface area contributed by atoms with Crippen molar-refractivity contribution >= 4 is 0 Å². The number of alkyl halides is 3. The Hall–Kier alpha value is -1.23. The molecule has 1 aromatic carbocycles. The number of nitrogens with one attached hydrogen (secondary N) is 1. The average Bonchev–Trinajstić information content (AvgIpc) is 2.41. The van der Waals surface area contributed by atoms with Gasteiger partial charge in [-0.05, 0) is 50.3 Å². The maximum Gasteiger partial charge on any atom is 0.391 e. The fourth-order valence-corrected chi connectivity index (χ4v) is 3.09. The number of phenolic OH excluding ortho intramolecular Hbond substituents is 1. The second-order valence-corrected chi connectivity index (χ2v) is 6.04. The highest BCUT2D eigenvalue weighted by Crippen LogP contribution is 2.37. The minimum absolute atomic E-state index is 0.0579. The van der Waals surface area contributed by atoms with Gasteiger partial charge >= 0.3 is 6.18 Å². The molecule has 1 aliphatic rings. The molecule has 118 valence electrons. The van der Waals surface area contributed by atoms with Crippen LogP contribution in [0, 0.1) is 5.92 Å². The lowest BCUT2D eigenvalue weighted by molar-refractivity contribution is -0.183. The Morgan fingerprint density at radius 1 is 1.24 bits per heavy atom. The summed E-state index contributed by atoms with van der Waals surface area (Å²) >= 11 is 0. The zero-order valence-corrected chi connectivity index (χ0v) is 12.2. The van der Waals surface area contributed by atoms with E-state index in [4.69, 9.17) is 0 Å². The number of benzene rings is 1. The van der Waals surface area contributed by atoms with E-state index in [1.165, 1.54) is 0 Å². The van der Waals surface area contributed by atoms with Gasteiger partial charge in [0.1, 0.15) is 5.75 Å². The molecule has 0 spiro atoms. The van der Waals surface area contributed by atoms with E-state index in [9.17, 15) is 18.3 Å². The molecule has 0 bridgehead atoms. The number of rotatable bonds is 4. The normalized spacial score (nSPS) is 24.8. The summed E-state index contributed by atoms with van der Waals surface area (Å²) in [5, 5.41) is 12.6. The molecule has 0 heterocycles. The Labute approximate surface area is 123 Å². The Balaban J connectivity index is 1.84. The Bertz CT molecular complexity index is 444. The third-order valence-electron chi connectivity index (χ3n) is 4.14. The summed E-state index contributed by atoms with van der Waals surface area (Å²) in [6.45, 7) is 1.99. The molecule has 0 aromatic heterocycles. The van der Waals surface area contributed by atoms with Gasteiger partial charge in [-0.25, -0.2) is 0 Å². The fraction of sp³-hybridized carbons (Fsp3) is 0.625. The third-order valence-corrected chi connectivity index (χ3v) is 4.14. The van der Waals surface area contributed by atoms with Crippen molar-refractivity contribution in [2.45, 2.75) is 57.3 Å². The molecular formula is C16H22F3NO. The van der Waals surface area contributed by atoms with Crippen molar-refractivity contribution in [3.63, 3.8) is 0 Å². The lowest BCUT2D eigenvalue weighted by Crippen LogP contribution is -2.43. The average molecular weight is 301 g/mol. The van der Waals surface area contributed by atoms with E-state index in [0.29, 0.717) is 6.42 Å². The van der Waals surface area contributed by atoms with Crippen molar-refractivity contribution in [1.29, 1.82) is 0 Å². The van der Waals surface area contributed by atoms with Crippen LogP contribution in [0.4, 0.5) is 13.2 Å². The van der Waals surface area contributed by atoms with Gasteiger partial charge in [-0.2, -0.15) is 13.2 Å². The summed E-state index contributed by atoms with van der Waals surface area (Å²) in [6.07, 6.45) is -1.44. The fourth-order valence-electron chi connectivity index (χ4n) is 3.09. The Morgan fingerprint density at radius 3 is 2.52 bits per heavy atom. The molecule has 3 unspecified atom stereocenters. The topological polar surface area (TPSA) is 32.3 Å². The van der Waals surface area contributed by atoms with E-state index in [1.807, 2.05) is 19.1 Å². The van der Waals surface area contributed by atoms with Crippen molar-refractivity contribution in [2.75, 3.05) is 0 Å². The molecule has 2 nitrogen and oxygen atoms in total. The number of halogens is 3. The van der Waals surface area contributed by atoms with E-state index in [2.05, 4.69) is 5.32 Å². The van der Waals surface area contributed by atoms with Crippen LogP contribution in [0.5, 0.6) is 5.75 Å². The van der Waals surface area contributed by atoms with Gasteiger partial charge in [0.25, 0.3) is 0 Å². The van der Waals surface area contributed by atoms with E-state index in [-0.39, 0.29) is 30.7 Å². The minimum atomic E-state index is -4.07. The summed E-state index contributed by atoms with van der Waals surface area (Å²) in [4.78, 5) is 0. The van der Waals surface area contributed by atoms with Crippen molar-refractivity contribution in [2.24, 2.45) is 5.92 Å². The van der Waals surface area contributed by atoms with Crippen LogP contribution in [0.2, 0.25) is 0 Å². The Kier molecular flexibility index (Phi) is 5.14. The first-order chi connectivity index (χ1) is 9.84. The van der Waals surface area contributed by atoms with Crippen LogP contribution in [0.1, 0.15) is 38.2 Å². The second-order valence-electron chi connectivity index (χ2n) is 6.04. The molecule has 2 N–H and O–H groups in total. The Morgan fingerprint density at radius 2 is 1.90 bits per heavy atom. The molecule has 0 amide bonds. The van der Waals surface area contributed by atoms with E-state index in [0.717, 1.165) is 18.4 Å². The number of hydrogen-bond donors (Lipinski definition) is 2. The lowest BCUT2D eigenvalue weighted by Gasteiger charge is -2.33. The van der Waals surface area contributed by atoms with Crippen LogP contribution in [0.25, 0.3) is 0 Å². The van der Waals surface area contributed by atoms with Crippen molar-refractivity contribution in [3.05, 3.63) is 29.8 Å². The molecule has 0 aliphatic heterocycles. The molecule has 1 saturated carbocycles. The lowest BCUT2D eigenvalue weighted by atomic mass is 9.85. The van der Waals surface area contributed by atoms with Crippen molar-refractivity contribution in [1.82, 2.24) is 5.32 Å². The van der Waals surface area contributed by atoms with Gasteiger partial charge in [-0.15, -0.1) is 0 Å². The third kappa shape index (κ3) is 4.92. The molecule has 0 radical (unpaired) electrons. The van der Waals surface area contributed by atoms with Crippen LogP contribution in [-0.4, -0.2) is 23.4 Å². The summed E-state index contributed by atoms with van der Waals surface area (Å²) in [5.74, 6) is -0.940. The molecule has 1 fully saturated rings. The van der Waals surface area contributed by atoms with Crippen LogP contribution in [0.3, 0.4) is 0 Å². The van der Waals surface area contributed by atoms with Crippen LogP contribution in [0.15, 0.2) is 24.3 Å². The maximum atomic E-state index is 12.8. The first-order valence-electron chi connectivity index (χ1n) is 7.45. The predicted octanol–water partition coefficient (Wildman–Crippen LogP) is 4.03. The van der Waals surface area contributed by atoms with Gasteiger partial charge in [0.2, 0.25) is 0 Å². The number of hydrogen-bond acceptors (Lipinski definition) is 2. The summed E-state index contributed by atoms with van der Waals surface area (Å²) in [6, 6.07) is 6.99. The van der Waals surface area contributed by atoms with E-state index < -0.39 is 12.1 Å². The van der Waals surface area contributed by atoms with Crippen LogP contribution < -0.4 is 5.32 Å². The quantitative estimate of drug-likeness (QED) is 0.880. The minimum Gasteiger partial charge on any atom is -0.508 e. The van der Waals surface area contributed by atoms with E-state index >= 15 is 0 Å². The molecule has 3 atom stereocenters. The van der Waals surface area contributed by atoms with Gasteiger partial charge < -0.3 is 10.4 Å². The molecule has 21 heavy (non-hydrogen) atoms. The summed E-state index contributed by atoms with van der Waals surface area (Å²) in [5.41, 5.74) is 1.07. The molecule has 0 saturated heterocycles. The summed E-state index contributed by atoms with van der Waals surface area (Å²) in [7, 11) is 0. The van der Waals surface area contributed by atoms with Gasteiger partial charge in [0, 0.05) is 12.1 Å². The van der Waals surface area contributed by atoms with Gasteiger partial charge in [-0.1, -0.05) is 18.6 Å². The van der Waals surface area contributed by atoms with E-state index in [1.54, 1.807) is 12.1 Å². The largest absolute Gasteiger partial charge is 0.508 e. The number of phenols is 1. The zero-order valence-electron chi connectivity index (χ0n) is 12.2. The van der Waals surface area contributed by atoms with Gasteiger partial charge in [0.15, 0.2) is 0 Å². The standard InChI is InChI=1S/C16H22F3NO/c1-11(9-12-5-7-15(21)8-6-12)20-14-4-2-3-13(10-14)16(17,18)19/h5-8,11,13-14,20-21H,2-4,9-10H2,1H3. The summed E-state index contributed by atoms with van der Waals surface area (Å²) < 4.78 is 38.4. The molecule has 2 rings (SSSR count). The smallest absolute Gasteiger partial charge is 0.391 e. The maximum absolute atomic E-state index is 12.8. The predicted molar refractivity (Wildman–Crippen MR) is 76.2 cm³/mol. The first kappa shape index (κ1) is 16.1. The highest BCUT2D eigenvalue weighted by molar-refractivity contribution is 5.26. The first-order valence-corrected chi connectivity index (χ1v) is 7.45. The molecular weight excluding hydrogens is 279 g/mol. The highest BCUT2D eigenvalue weighted by atomic mass is 19.4. The van der Waals surface area contributed by atoms with Gasteiger partial charge in [0.05, 0.1) is 5.92 Å². The zero-order chi connectivity index (χ0) is 15.5.